The highest BCUT2D eigenvalue weighted by Crippen LogP contribution is 2.27. The summed E-state index contributed by atoms with van der Waals surface area (Å²) in [5, 5.41) is 12.7. The molecule has 8 heteroatoms. The van der Waals surface area contributed by atoms with Crippen LogP contribution in [0.25, 0.3) is 16.7 Å². The number of hydrogen-bond donors (Lipinski definition) is 1. The van der Waals surface area contributed by atoms with E-state index in [2.05, 4.69) is 29.0 Å². The van der Waals surface area contributed by atoms with Crippen LogP contribution in [-0.4, -0.2) is 36.4 Å². The van der Waals surface area contributed by atoms with Crippen LogP contribution in [0.4, 0.5) is 0 Å². The molecule has 3 unspecified atom stereocenters. The van der Waals surface area contributed by atoms with E-state index >= 15 is 0 Å². The van der Waals surface area contributed by atoms with E-state index in [0.717, 1.165) is 18.4 Å². The SMILES string of the molecule is C=CCn1c(=O)c2ccccc2n2c(SC(C)C(=O)NC3CCCCC3C)nnc12. The average Bonchev–Trinajstić information content (AvgIpc) is 3.16. The zero-order valence-corrected chi connectivity index (χ0v) is 18.2. The largest absolute Gasteiger partial charge is 0.352 e. The second-order valence-electron chi connectivity index (χ2n) is 7.98. The molecule has 1 N–H and O–H groups in total. The number of hydrogen-bond acceptors (Lipinski definition) is 5. The summed E-state index contributed by atoms with van der Waals surface area (Å²) in [4.78, 5) is 25.7. The monoisotopic (exact) mass is 425 g/mol. The Kier molecular flexibility index (Phi) is 5.94. The second-order valence-corrected chi connectivity index (χ2v) is 9.28. The van der Waals surface area contributed by atoms with Gasteiger partial charge in [0.05, 0.1) is 16.2 Å². The van der Waals surface area contributed by atoms with Gasteiger partial charge in [0.2, 0.25) is 11.7 Å². The quantitative estimate of drug-likeness (QED) is 0.484. The predicted molar refractivity (Wildman–Crippen MR) is 120 cm³/mol. The number of amides is 1. The fourth-order valence-electron chi connectivity index (χ4n) is 4.15. The molecule has 1 fully saturated rings. The molecule has 2 heterocycles. The molecule has 0 bridgehead atoms. The number of benzene rings is 1. The van der Waals surface area contributed by atoms with Crippen molar-refractivity contribution < 1.29 is 4.79 Å². The van der Waals surface area contributed by atoms with Crippen LogP contribution in [0.15, 0.2) is 46.9 Å². The molecular weight excluding hydrogens is 398 g/mol. The highest BCUT2D eigenvalue weighted by atomic mass is 32.2. The Morgan fingerprint density at radius 3 is 2.87 bits per heavy atom. The van der Waals surface area contributed by atoms with Gasteiger partial charge in [0.1, 0.15) is 0 Å². The molecule has 0 radical (unpaired) electrons. The maximum atomic E-state index is 12.9. The maximum Gasteiger partial charge on any atom is 0.263 e. The molecule has 1 aliphatic carbocycles. The molecule has 4 rings (SSSR count). The Balaban J connectivity index is 1.67. The topological polar surface area (TPSA) is 81.3 Å². The number of carbonyl (C=O) groups is 1. The van der Waals surface area contributed by atoms with Crippen LogP contribution in [0.3, 0.4) is 0 Å². The van der Waals surface area contributed by atoms with Crippen molar-refractivity contribution in [1.29, 1.82) is 0 Å². The molecule has 1 aliphatic rings. The van der Waals surface area contributed by atoms with Gasteiger partial charge in [0, 0.05) is 12.6 Å². The lowest BCUT2D eigenvalue weighted by atomic mass is 9.86. The number of para-hydroxylation sites is 1. The van der Waals surface area contributed by atoms with Crippen LogP contribution >= 0.6 is 11.8 Å². The summed E-state index contributed by atoms with van der Waals surface area (Å²) < 4.78 is 3.42. The van der Waals surface area contributed by atoms with Gasteiger partial charge in [-0.1, -0.05) is 49.7 Å². The van der Waals surface area contributed by atoms with Crippen LogP contribution < -0.4 is 10.9 Å². The molecule has 0 saturated heterocycles. The van der Waals surface area contributed by atoms with Gasteiger partial charge in [-0.25, -0.2) is 0 Å². The summed E-state index contributed by atoms with van der Waals surface area (Å²) in [6, 6.07) is 7.64. The highest BCUT2D eigenvalue weighted by molar-refractivity contribution is 8.00. The zero-order chi connectivity index (χ0) is 21.3. The van der Waals surface area contributed by atoms with Crippen molar-refractivity contribution in [3.8, 4) is 0 Å². The summed E-state index contributed by atoms with van der Waals surface area (Å²) in [6.07, 6.45) is 6.27. The van der Waals surface area contributed by atoms with Gasteiger partial charge in [0.15, 0.2) is 5.16 Å². The summed E-state index contributed by atoms with van der Waals surface area (Å²) in [5.74, 6) is 0.972. The van der Waals surface area contributed by atoms with Crippen LogP contribution in [0, 0.1) is 5.92 Å². The molecule has 7 nitrogen and oxygen atoms in total. The Morgan fingerprint density at radius 1 is 1.33 bits per heavy atom. The number of nitrogens with zero attached hydrogens (tertiary/aromatic N) is 4. The van der Waals surface area contributed by atoms with Crippen molar-refractivity contribution in [3.63, 3.8) is 0 Å². The fourth-order valence-corrected chi connectivity index (χ4v) is 5.01. The lowest BCUT2D eigenvalue weighted by Crippen LogP contribution is -2.44. The molecule has 158 valence electrons. The van der Waals surface area contributed by atoms with E-state index in [0.29, 0.717) is 28.8 Å². The number of aromatic nitrogens is 4. The molecule has 3 atom stereocenters. The molecule has 1 amide bonds. The van der Waals surface area contributed by atoms with Gasteiger partial charge >= 0.3 is 0 Å². The standard InChI is InChI=1S/C22H27N5O2S/c1-4-13-26-20(29)16-10-6-8-12-18(16)27-21(26)24-25-22(27)30-15(3)19(28)23-17-11-7-5-9-14(17)2/h4,6,8,10,12,14-15,17H,1,5,7,9,11,13H2,2-3H3,(H,23,28). The Hall–Kier alpha value is -2.61. The van der Waals surface area contributed by atoms with E-state index in [9.17, 15) is 9.59 Å². The maximum absolute atomic E-state index is 12.9. The lowest BCUT2D eigenvalue weighted by Gasteiger charge is -2.30. The molecule has 0 spiro atoms. The summed E-state index contributed by atoms with van der Waals surface area (Å²) in [7, 11) is 0. The summed E-state index contributed by atoms with van der Waals surface area (Å²) in [6.45, 7) is 8.18. The van der Waals surface area contributed by atoms with Crippen LogP contribution in [0.5, 0.6) is 0 Å². The van der Waals surface area contributed by atoms with Crippen LogP contribution in [0.1, 0.15) is 39.5 Å². The third-order valence-corrected chi connectivity index (χ3v) is 6.92. The minimum atomic E-state index is -0.329. The Bertz CT molecular complexity index is 1150. The van der Waals surface area contributed by atoms with E-state index in [1.807, 2.05) is 29.5 Å². The molecule has 0 aliphatic heterocycles. The number of thioether (sulfide) groups is 1. The first-order valence-corrected chi connectivity index (χ1v) is 11.3. The highest BCUT2D eigenvalue weighted by Gasteiger charge is 2.26. The van der Waals surface area contributed by atoms with Gasteiger partial charge in [-0.05, 0) is 37.8 Å². The predicted octanol–water partition coefficient (Wildman–Crippen LogP) is 3.41. The van der Waals surface area contributed by atoms with E-state index in [-0.39, 0.29) is 22.8 Å². The first kappa shape index (κ1) is 20.7. The molecule has 30 heavy (non-hydrogen) atoms. The number of nitrogens with one attached hydrogen (secondary N) is 1. The third-order valence-electron chi connectivity index (χ3n) is 5.88. The zero-order valence-electron chi connectivity index (χ0n) is 17.4. The van der Waals surface area contributed by atoms with Gasteiger partial charge in [-0.15, -0.1) is 16.8 Å². The first-order valence-electron chi connectivity index (χ1n) is 10.5. The minimum absolute atomic E-state index is 0.0132. The van der Waals surface area contributed by atoms with Crippen molar-refractivity contribution in [2.75, 3.05) is 0 Å². The molecule has 1 aromatic carbocycles. The number of fused-ring (bicyclic) bond motifs is 3. The van der Waals surface area contributed by atoms with Gasteiger partial charge < -0.3 is 5.32 Å². The first-order chi connectivity index (χ1) is 14.5. The number of rotatable bonds is 6. The van der Waals surface area contributed by atoms with Gasteiger partial charge in [-0.2, -0.15) is 0 Å². The van der Waals surface area contributed by atoms with Gasteiger partial charge in [0.25, 0.3) is 5.56 Å². The smallest absolute Gasteiger partial charge is 0.263 e. The number of allylic oxidation sites excluding steroid dienone is 1. The van der Waals surface area contributed by atoms with E-state index in [4.69, 9.17) is 0 Å². The van der Waals surface area contributed by atoms with E-state index in [1.165, 1.54) is 24.6 Å². The van der Waals surface area contributed by atoms with Crippen molar-refractivity contribution in [3.05, 3.63) is 47.3 Å². The normalized spacial score (nSPS) is 20.3. The van der Waals surface area contributed by atoms with Crippen molar-refractivity contribution >= 4 is 34.3 Å². The third kappa shape index (κ3) is 3.76. The molecule has 1 saturated carbocycles. The van der Waals surface area contributed by atoms with E-state index < -0.39 is 0 Å². The van der Waals surface area contributed by atoms with Crippen LogP contribution in [0.2, 0.25) is 0 Å². The van der Waals surface area contributed by atoms with Crippen molar-refractivity contribution in [2.45, 2.75) is 62.5 Å². The Labute approximate surface area is 179 Å². The Morgan fingerprint density at radius 2 is 2.10 bits per heavy atom. The lowest BCUT2D eigenvalue weighted by molar-refractivity contribution is -0.121. The van der Waals surface area contributed by atoms with Gasteiger partial charge in [-0.3, -0.25) is 18.6 Å². The second kappa shape index (κ2) is 8.63. The van der Waals surface area contributed by atoms with Crippen LogP contribution in [-0.2, 0) is 11.3 Å². The van der Waals surface area contributed by atoms with Crippen molar-refractivity contribution in [2.24, 2.45) is 5.92 Å². The summed E-state index contributed by atoms with van der Waals surface area (Å²) >= 11 is 1.36. The summed E-state index contributed by atoms with van der Waals surface area (Å²) in [5.41, 5.74) is 0.609. The number of carbonyl (C=O) groups excluding carboxylic acids is 1. The van der Waals surface area contributed by atoms with Crippen molar-refractivity contribution in [1.82, 2.24) is 24.5 Å². The molecular formula is C22H27N5O2S. The van der Waals surface area contributed by atoms with E-state index in [1.54, 1.807) is 16.7 Å². The average molecular weight is 426 g/mol. The molecule has 2 aromatic heterocycles. The minimum Gasteiger partial charge on any atom is -0.352 e. The fraction of sp³-hybridized carbons (Fsp3) is 0.455. The molecule has 3 aromatic rings.